The zero-order valence-electron chi connectivity index (χ0n) is 10.7. The van der Waals surface area contributed by atoms with Gasteiger partial charge in [0.15, 0.2) is 0 Å². The molecule has 0 aliphatic carbocycles. The van der Waals surface area contributed by atoms with Gasteiger partial charge in [-0.3, -0.25) is 4.79 Å². The van der Waals surface area contributed by atoms with Gasteiger partial charge < -0.3 is 14.6 Å². The summed E-state index contributed by atoms with van der Waals surface area (Å²) < 4.78 is 10.7. The van der Waals surface area contributed by atoms with Crippen LogP contribution in [-0.2, 0) is 14.9 Å². The minimum Gasteiger partial charge on any atom is -0.496 e. The SMILES string of the molecule is COc1ccccc1C1(CC(C)C(=O)O)COC1. The lowest BCUT2D eigenvalue weighted by molar-refractivity contribution is -0.144. The van der Waals surface area contributed by atoms with E-state index in [0.717, 1.165) is 11.3 Å². The number of methoxy groups -OCH3 is 1. The summed E-state index contributed by atoms with van der Waals surface area (Å²) in [7, 11) is 1.63. The molecule has 1 aliphatic heterocycles. The summed E-state index contributed by atoms with van der Waals surface area (Å²) in [5.41, 5.74) is 0.830. The molecule has 1 fully saturated rings. The smallest absolute Gasteiger partial charge is 0.306 e. The number of benzene rings is 1. The molecule has 4 nitrogen and oxygen atoms in total. The quantitative estimate of drug-likeness (QED) is 0.869. The molecule has 1 unspecified atom stereocenters. The molecule has 1 saturated heterocycles. The first-order valence-electron chi connectivity index (χ1n) is 6.03. The van der Waals surface area contributed by atoms with Gasteiger partial charge in [0.1, 0.15) is 5.75 Å². The molecular formula is C14H18O4. The van der Waals surface area contributed by atoms with Gasteiger partial charge in [-0.05, 0) is 12.5 Å². The Kier molecular flexibility index (Phi) is 3.57. The maximum absolute atomic E-state index is 11.0. The van der Waals surface area contributed by atoms with Crippen LogP contribution < -0.4 is 4.74 Å². The maximum Gasteiger partial charge on any atom is 0.306 e. The summed E-state index contributed by atoms with van der Waals surface area (Å²) in [5.74, 6) is -0.353. The molecule has 1 heterocycles. The van der Waals surface area contributed by atoms with E-state index in [4.69, 9.17) is 14.6 Å². The van der Waals surface area contributed by atoms with Crippen molar-refractivity contribution < 1.29 is 19.4 Å². The van der Waals surface area contributed by atoms with Crippen LogP contribution in [0, 0.1) is 5.92 Å². The van der Waals surface area contributed by atoms with Crippen LogP contribution in [0.4, 0.5) is 0 Å². The average molecular weight is 250 g/mol. The molecular weight excluding hydrogens is 232 g/mol. The highest BCUT2D eigenvalue weighted by Gasteiger charge is 2.44. The zero-order valence-corrected chi connectivity index (χ0v) is 10.7. The largest absolute Gasteiger partial charge is 0.496 e. The van der Waals surface area contributed by atoms with Crippen LogP contribution in [0.3, 0.4) is 0 Å². The first-order chi connectivity index (χ1) is 8.59. The molecule has 1 atom stereocenters. The van der Waals surface area contributed by atoms with Gasteiger partial charge in [-0.2, -0.15) is 0 Å². The topological polar surface area (TPSA) is 55.8 Å². The van der Waals surface area contributed by atoms with Crippen molar-refractivity contribution in [2.24, 2.45) is 5.92 Å². The molecule has 2 rings (SSSR count). The minimum absolute atomic E-state index is 0.218. The van der Waals surface area contributed by atoms with Crippen LogP contribution in [0.5, 0.6) is 5.75 Å². The molecule has 0 saturated carbocycles. The summed E-state index contributed by atoms with van der Waals surface area (Å²) in [6, 6.07) is 7.76. The molecule has 0 aromatic heterocycles. The van der Waals surface area contributed by atoms with Gasteiger partial charge >= 0.3 is 5.97 Å². The van der Waals surface area contributed by atoms with Crippen LogP contribution in [0.2, 0.25) is 0 Å². The van der Waals surface area contributed by atoms with E-state index in [-0.39, 0.29) is 11.3 Å². The van der Waals surface area contributed by atoms with E-state index in [1.807, 2.05) is 24.3 Å². The fourth-order valence-corrected chi connectivity index (χ4v) is 2.49. The monoisotopic (exact) mass is 250 g/mol. The lowest BCUT2D eigenvalue weighted by Gasteiger charge is -2.43. The standard InChI is InChI=1S/C14H18O4/c1-10(13(15)16)7-14(8-18-9-14)11-5-3-4-6-12(11)17-2/h3-6,10H,7-9H2,1-2H3,(H,15,16). The third-order valence-corrected chi connectivity index (χ3v) is 3.55. The van der Waals surface area contributed by atoms with E-state index in [2.05, 4.69) is 0 Å². The van der Waals surface area contributed by atoms with Crippen LogP contribution in [0.25, 0.3) is 0 Å². The second-order valence-corrected chi connectivity index (χ2v) is 4.92. The van der Waals surface area contributed by atoms with Gasteiger partial charge in [0.05, 0.1) is 26.2 Å². The van der Waals surface area contributed by atoms with E-state index in [9.17, 15) is 4.79 Å². The first-order valence-corrected chi connectivity index (χ1v) is 6.03. The predicted octanol–water partition coefficient (Wildman–Crippen LogP) is 2.07. The van der Waals surface area contributed by atoms with E-state index in [1.54, 1.807) is 14.0 Å². The Morgan fingerprint density at radius 3 is 2.67 bits per heavy atom. The Balaban J connectivity index is 2.29. The minimum atomic E-state index is -0.767. The predicted molar refractivity (Wildman–Crippen MR) is 66.9 cm³/mol. The lowest BCUT2D eigenvalue weighted by Crippen LogP contribution is -2.48. The number of para-hydroxylation sites is 1. The van der Waals surface area contributed by atoms with Crippen molar-refractivity contribution >= 4 is 5.97 Å². The number of rotatable bonds is 5. The van der Waals surface area contributed by atoms with Gasteiger partial charge in [-0.25, -0.2) is 0 Å². The Bertz CT molecular complexity index is 437. The van der Waals surface area contributed by atoms with Crippen molar-refractivity contribution in [1.82, 2.24) is 0 Å². The molecule has 1 N–H and O–H groups in total. The maximum atomic E-state index is 11.0. The van der Waals surface area contributed by atoms with Crippen molar-refractivity contribution in [3.63, 3.8) is 0 Å². The summed E-state index contributed by atoms with van der Waals surface area (Å²) in [6.07, 6.45) is 0.572. The molecule has 0 bridgehead atoms. The van der Waals surface area contributed by atoms with E-state index < -0.39 is 5.97 Å². The molecule has 1 aromatic carbocycles. The number of carboxylic acids is 1. The van der Waals surface area contributed by atoms with Crippen LogP contribution >= 0.6 is 0 Å². The Morgan fingerprint density at radius 2 is 2.17 bits per heavy atom. The summed E-state index contributed by atoms with van der Waals surface area (Å²) in [4.78, 5) is 11.0. The molecule has 0 radical (unpaired) electrons. The molecule has 18 heavy (non-hydrogen) atoms. The number of ether oxygens (including phenoxy) is 2. The highest BCUT2D eigenvalue weighted by atomic mass is 16.5. The van der Waals surface area contributed by atoms with Gasteiger partial charge in [-0.15, -0.1) is 0 Å². The van der Waals surface area contributed by atoms with Gasteiger partial charge in [0, 0.05) is 11.0 Å². The Hall–Kier alpha value is -1.55. The number of hydrogen-bond acceptors (Lipinski definition) is 3. The van der Waals surface area contributed by atoms with Crippen LogP contribution in [0.1, 0.15) is 18.9 Å². The van der Waals surface area contributed by atoms with Crippen molar-refractivity contribution in [3.8, 4) is 5.75 Å². The molecule has 4 heteroatoms. The fourth-order valence-electron chi connectivity index (χ4n) is 2.49. The van der Waals surface area contributed by atoms with E-state index >= 15 is 0 Å². The first kappa shape index (κ1) is 12.9. The van der Waals surface area contributed by atoms with E-state index in [1.165, 1.54) is 0 Å². The lowest BCUT2D eigenvalue weighted by atomic mass is 9.72. The Morgan fingerprint density at radius 1 is 1.50 bits per heavy atom. The highest BCUT2D eigenvalue weighted by Crippen LogP contribution is 2.42. The third kappa shape index (κ3) is 2.20. The van der Waals surface area contributed by atoms with Crippen molar-refractivity contribution in [2.75, 3.05) is 20.3 Å². The van der Waals surface area contributed by atoms with Gasteiger partial charge in [-0.1, -0.05) is 25.1 Å². The second kappa shape index (κ2) is 4.98. The van der Waals surface area contributed by atoms with Crippen molar-refractivity contribution in [1.29, 1.82) is 0 Å². The Labute approximate surface area is 107 Å². The van der Waals surface area contributed by atoms with Crippen LogP contribution in [0.15, 0.2) is 24.3 Å². The molecule has 1 aliphatic rings. The zero-order chi connectivity index (χ0) is 13.2. The number of carbonyl (C=O) groups is 1. The summed E-state index contributed by atoms with van der Waals surface area (Å²) in [5, 5.41) is 9.07. The summed E-state index contributed by atoms with van der Waals surface area (Å²) in [6.45, 7) is 2.85. The van der Waals surface area contributed by atoms with Crippen molar-refractivity contribution in [3.05, 3.63) is 29.8 Å². The van der Waals surface area contributed by atoms with Crippen LogP contribution in [-0.4, -0.2) is 31.4 Å². The number of hydrogen-bond donors (Lipinski definition) is 1. The molecule has 98 valence electrons. The second-order valence-electron chi connectivity index (χ2n) is 4.92. The number of aliphatic carboxylic acids is 1. The van der Waals surface area contributed by atoms with Gasteiger partial charge in [0.2, 0.25) is 0 Å². The van der Waals surface area contributed by atoms with Crippen molar-refractivity contribution in [2.45, 2.75) is 18.8 Å². The number of carboxylic acid groups (broad SMARTS) is 1. The molecule has 1 aromatic rings. The third-order valence-electron chi connectivity index (χ3n) is 3.55. The van der Waals surface area contributed by atoms with Gasteiger partial charge in [0.25, 0.3) is 0 Å². The summed E-state index contributed by atoms with van der Waals surface area (Å²) >= 11 is 0. The molecule has 0 spiro atoms. The fraction of sp³-hybridized carbons (Fsp3) is 0.500. The normalized spacial score (nSPS) is 18.8. The van der Waals surface area contributed by atoms with E-state index in [0.29, 0.717) is 19.6 Å². The highest BCUT2D eigenvalue weighted by molar-refractivity contribution is 5.69. The average Bonchev–Trinajstić information content (AvgIpc) is 2.33. The molecule has 0 amide bonds.